The van der Waals surface area contributed by atoms with Crippen LogP contribution in [0.4, 0.5) is 0 Å². The van der Waals surface area contributed by atoms with E-state index >= 15 is 0 Å². The number of aromatic nitrogens is 4. The lowest BCUT2D eigenvalue weighted by Crippen LogP contribution is -2.34. The van der Waals surface area contributed by atoms with Gasteiger partial charge < -0.3 is 4.98 Å². The summed E-state index contributed by atoms with van der Waals surface area (Å²) in [5.41, 5.74) is 1.09. The smallest absolute Gasteiger partial charge is 0.330 e. The Labute approximate surface area is 190 Å². The zero-order chi connectivity index (χ0) is 23.6. The molecule has 0 aliphatic heterocycles. The molecule has 10 heteroatoms. The summed E-state index contributed by atoms with van der Waals surface area (Å²) >= 11 is 0. The lowest BCUT2D eigenvalue weighted by Gasteiger charge is -2.17. The van der Waals surface area contributed by atoms with Crippen LogP contribution < -0.4 is 11.2 Å². The van der Waals surface area contributed by atoms with Crippen LogP contribution in [0.15, 0.2) is 69.1 Å². The van der Waals surface area contributed by atoms with Crippen molar-refractivity contribution < 1.29 is 8.42 Å². The van der Waals surface area contributed by atoms with Crippen LogP contribution in [0.25, 0.3) is 22.6 Å². The minimum Gasteiger partial charge on any atom is -0.332 e. The quantitative estimate of drug-likeness (QED) is 0.412. The van der Waals surface area contributed by atoms with E-state index in [1.807, 2.05) is 37.3 Å². The summed E-state index contributed by atoms with van der Waals surface area (Å²) in [6.45, 7) is 2.54. The summed E-state index contributed by atoms with van der Waals surface area (Å²) in [4.78, 5) is 34.8. The Bertz CT molecular complexity index is 1490. The van der Waals surface area contributed by atoms with Gasteiger partial charge in [-0.3, -0.25) is 14.3 Å². The van der Waals surface area contributed by atoms with Gasteiger partial charge in [-0.1, -0.05) is 37.3 Å². The first-order chi connectivity index (χ1) is 15.8. The molecule has 0 atom stereocenters. The molecule has 172 valence electrons. The molecule has 0 saturated carbocycles. The number of hydrogen-bond donors (Lipinski definition) is 2. The second-order valence-corrected chi connectivity index (χ2v) is 9.83. The van der Waals surface area contributed by atoms with Gasteiger partial charge in [0.15, 0.2) is 5.65 Å². The third kappa shape index (κ3) is 4.53. The van der Waals surface area contributed by atoms with E-state index in [4.69, 9.17) is 0 Å². The Morgan fingerprint density at radius 3 is 2.36 bits per heavy atom. The van der Waals surface area contributed by atoms with Crippen LogP contribution in [0, 0.1) is 0 Å². The lowest BCUT2D eigenvalue weighted by atomic mass is 10.2. The van der Waals surface area contributed by atoms with Gasteiger partial charge in [-0.2, -0.15) is 0 Å². The topological polar surface area (TPSA) is 121 Å². The molecule has 0 fully saturated rings. The Morgan fingerprint density at radius 2 is 1.70 bits per heavy atom. The molecule has 4 rings (SSSR count). The van der Waals surface area contributed by atoms with Gasteiger partial charge in [0.05, 0.1) is 4.90 Å². The van der Waals surface area contributed by atoms with Crippen molar-refractivity contribution in [2.24, 2.45) is 0 Å². The van der Waals surface area contributed by atoms with Crippen molar-refractivity contribution in [3.05, 3.63) is 81.0 Å². The minimum absolute atomic E-state index is 0.164. The van der Waals surface area contributed by atoms with Crippen LogP contribution in [0.5, 0.6) is 0 Å². The summed E-state index contributed by atoms with van der Waals surface area (Å²) in [6.07, 6.45) is 1.26. The maximum Gasteiger partial charge on any atom is 0.330 e. The first kappa shape index (κ1) is 22.7. The lowest BCUT2D eigenvalue weighted by molar-refractivity contribution is 0.472. The highest BCUT2D eigenvalue weighted by Crippen LogP contribution is 2.22. The number of hydrogen-bond acceptors (Lipinski definition) is 5. The molecular weight excluding hydrogens is 442 g/mol. The minimum atomic E-state index is -3.66. The van der Waals surface area contributed by atoms with Crippen molar-refractivity contribution in [2.45, 2.75) is 31.2 Å². The Morgan fingerprint density at radius 1 is 1.00 bits per heavy atom. The van der Waals surface area contributed by atoms with Crippen LogP contribution >= 0.6 is 0 Å². The van der Waals surface area contributed by atoms with Gasteiger partial charge in [0.25, 0.3) is 5.56 Å². The maximum atomic E-state index is 12.9. The first-order valence-electron chi connectivity index (χ1n) is 10.6. The molecule has 33 heavy (non-hydrogen) atoms. The molecule has 0 aliphatic carbocycles. The number of H-pyrrole nitrogens is 2. The molecule has 9 nitrogen and oxygen atoms in total. The predicted octanol–water partition coefficient (Wildman–Crippen LogP) is 2.35. The van der Waals surface area contributed by atoms with Crippen molar-refractivity contribution in [2.75, 3.05) is 13.6 Å². The monoisotopic (exact) mass is 467 g/mol. The summed E-state index contributed by atoms with van der Waals surface area (Å²) in [6, 6.07) is 16.0. The Balaban J connectivity index is 1.57. The number of fused-ring (bicyclic) bond motifs is 1. The fourth-order valence-electron chi connectivity index (χ4n) is 3.59. The number of imidazole rings is 1. The predicted molar refractivity (Wildman–Crippen MR) is 127 cm³/mol. The SMILES string of the molecule is CCCn1c(=O)[nH]c2nc(-c3ccc(S(=O)(=O)N(C)CCc4ccccc4)cc3)[nH]c2c1=O. The summed E-state index contributed by atoms with van der Waals surface area (Å²) < 4.78 is 28.3. The second-order valence-electron chi connectivity index (χ2n) is 7.78. The van der Waals surface area contributed by atoms with Crippen LogP contribution in [0.2, 0.25) is 0 Å². The van der Waals surface area contributed by atoms with E-state index in [9.17, 15) is 18.0 Å². The van der Waals surface area contributed by atoms with Gasteiger partial charge in [-0.15, -0.1) is 0 Å². The Hall–Kier alpha value is -3.50. The van der Waals surface area contributed by atoms with E-state index < -0.39 is 21.3 Å². The highest BCUT2D eigenvalue weighted by atomic mass is 32.2. The van der Waals surface area contributed by atoms with Gasteiger partial charge in [0, 0.05) is 25.7 Å². The van der Waals surface area contributed by atoms with E-state index in [2.05, 4.69) is 15.0 Å². The number of benzene rings is 2. The van der Waals surface area contributed by atoms with Crippen molar-refractivity contribution >= 4 is 21.2 Å². The van der Waals surface area contributed by atoms with Gasteiger partial charge in [0.2, 0.25) is 10.0 Å². The van der Waals surface area contributed by atoms with E-state index in [0.29, 0.717) is 37.3 Å². The number of nitrogens with zero attached hydrogens (tertiary/aromatic N) is 3. The average Bonchev–Trinajstić information content (AvgIpc) is 3.25. The highest BCUT2D eigenvalue weighted by Gasteiger charge is 2.21. The first-order valence-corrected chi connectivity index (χ1v) is 12.1. The van der Waals surface area contributed by atoms with E-state index in [-0.39, 0.29) is 16.1 Å². The number of likely N-dealkylation sites (N-methyl/N-ethyl adjacent to an activating group) is 1. The van der Waals surface area contributed by atoms with Crippen molar-refractivity contribution in [1.29, 1.82) is 0 Å². The van der Waals surface area contributed by atoms with Gasteiger partial charge in [-0.25, -0.2) is 22.5 Å². The molecule has 0 aliphatic rings. The molecule has 0 unspecified atom stereocenters. The molecule has 0 amide bonds. The summed E-state index contributed by atoms with van der Waals surface area (Å²) in [7, 11) is -2.10. The molecule has 0 spiro atoms. The molecule has 2 heterocycles. The second kappa shape index (κ2) is 9.16. The third-order valence-corrected chi connectivity index (χ3v) is 7.35. The average molecular weight is 468 g/mol. The van der Waals surface area contributed by atoms with Crippen LogP contribution in [-0.4, -0.2) is 45.8 Å². The molecule has 0 bridgehead atoms. The number of rotatable bonds is 8. The van der Waals surface area contributed by atoms with Crippen LogP contribution in [0.1, 0.15) is 18.9 Å². The molecule has 2 aromatic carbocycles. The third-order valence-electron chi connectivity index (χ3n) is 5.47. The highest BCUT2D eigenvalue weighted by molar-refractivity contribution is 7.89. The van der Waals surface area contributed by atoms with E-state index in [1.165, 1.54) is 16.4 Å². The van der Waals surface area contributed by atoms with Gasteiger partial charge in [-0.05, 0) is 42.7 Å². The number of nitrogens with one attached hydrogen (secondary N) is 2. The van der Waals surface area contributed by atoms with Crippen LogP contribution in [0.3, 0.4) is 0 Å². The molecule has 0 saturated heterocycles. The maximum absolute atomic E-state index is 12.9. The normalized spacial score (nSPS) is 12.0. The van der Waals surface area contributed by atoms with Crippen LogP contribution in [-0.2, 0) is 23.0 Å². The fraction of sp³-hybridized carbons (Fsp3) is 0.261. The fourth-order valence-corrected chi connectivity index (χ4v) is 4.77. The zero-order valence-corrected chi connectivity index (χ0v) is 19.2. The number of sulfonamides is 1. The molecule has 0 radical (unpaired) electrons. The summed E-state index contributed by atoms with van der Waals surface area (Å²) in [5.74, 6) is 0.369. The molecule has 4 aromatic rings. The zero-order valence-electron chi connectivity index (χ0n) is 18.4. The van der Waals surface area contributed by atoms with Crippen molar-refractivity contribution in [3.8, 4) is 11.4 Å². The molecular formula is C23H25N5O4S. The Kier molecular flexibility index (Phi) is 6.30. The molecule has 2 aromatic heterocycles. The van der Waals surface area contributed by atoms with Crippen molar-refractivity contribution in [1.82, 2.24) is 23.8 Å². The molecule has 2 N–H and O–H groups in total. The van der Waals surface area contributed by atoms with Crippen molar-refractivity contribution in [3.63, 3.8) is 0 Å². The standard InChI is InChI=1S/C23H25N5O4S/c1-3-14-28-22(29)19-21(26-23(28)30)25-20(24-19)17-9-11-18(12-10-17)33(31,32)27(2)15-13-16-7-5-4-6-8-16/h4-12H,3,13-15H2,1-2H3,(H,24,25)(H,26,30). The largest absolute Gasteiger partial charge is 0.332 e. The van der Waals surface area contributed by atoms with E-state index in [0.717, 1.165) is 10.1 Å². The summed E-state index contributed by atoms with van der Waals surface area (Å²) in [5, 5.41) is 0. The van der Waals surface area contributed by atoms with E-state index in [1.54, 1.807) is 19.2 Å². The number of aromatic amines is 2. The van der Waals surface area contributed by atoms with Gasteiger partial charge >= 0.3 is 5.69 Å². The van der Waals surface area contributed by atoms with Gasteiger partial charge in [0.1, 0.15) is 11.3 Å².